The second-order valence-corrected chi connectivity index (χ2v) is 6.53. The Kier molecular flexibility index (Phi) is 4.09. The molecule has 1 fully saturated rings. The lowest BCUT2D eigenvalue weighted by Gasteiger charge is -2.37. The molecule has 1 aliphatic rings. The summed E-state index contributed by atoms with van der Waals surface area (Å²) in [7, 11) is 0. The molecule has 0 bridgehead atoms. The number of piperazine rings is 1. The van der Waals surface area contributed by atoms with Gasteiger partial charge < -0.3 is 9.80 Å². The Morgan fingerprint density at radius 3 is 2.76 bits per heavy atom. The first-order valence-electron chi connectivity index (χ1n) is 8.59. The Morgan fingerprint density at radius 1 is 1.12 bits per heavy atom. The molecular formula is C19H22N6. The number of anilines is 1. The number of allylic oxidation sites excluding steroid dienone is 1. The Morgan fingerprint density at radius 2 is 1.96 bits per heavy atom. The molecule has 1 aliphatic heterocycles. The van der Waals surface area contributed by atoms with Gasteiger partial charge in [0.05, 0.1) is 0 Å². The Labute approximate surface area is 147 Å². The van der Waals surface area contributed by atoms with Crippen molar-refractivity contribution in [1.29, 1.82) is 0 Å². The molecule has 4 rings (SSSR count). The number of aromatic nitrogens is 4. The average molecular weight is 334 g/mol. The van der Waals surface area contributed by atoms with Crippen LogP contribution in [0.5, 0.6) is 0 Å². The summed E-state index contributed by atoms with van der Waals surface area (Å²) in [6, 6.07) is 12.6. The summed E-state index contributed by atoms with van der Waals surface area (Å²) >= 11 is 0. The average Bonchev–Trinajstić information content (AvgIpc) is 3.09. The summed E-state index contributed by atoms with van der Waals surface area (Å²) in [6.45, 7) is 10.2. The third-order valence-corrected chi connectivity index (χ3v) is 4.69. The minimum atomic E-state index is 0.772. The molecule has 0 spiro atoms. The predicted octanol–water partition coefficient (Wildman–Crippen LogP) is 2.31. The van der Waals surface area contributed by atoms with Crippen molar-refractivity contribution in [3.63, 3.8) is 0 Å². The van der Waals surface area contributed by atoms with E-state index in [2.05, 4.69) is 62.9 Å². The van der Waals surface area contributed by atoms with E-state index in [1.807, 2.05) is 12.1 Å². The van der Waals surface area contributed by atoms with Crippen molar-refractivity contribution in [1.82, 2.24) is 24.7 Å². The van der Waals surface area contributed by atoms with Crippen LogP contribution in [0.3, 0.4) is 0 Å². The van der Waals surface area contributed by atoms with E-state index in [0.717, 1.165) is 44.1 Å². The van der Waals surface area contributed by atoms with Crippen LogP contribution in [0.4, 0.5) is 5.82 Å². The van der Waals surface area contributed by atoms with Crippen LogP contribution in [0.25, 0.3) is 5.65 Å². The fraction of sp³-hybridized carbons (Fsp3) is 0.316. The Balaban J connectivity index is 1.38. The van der Waals surface area contributed by atoms with Gasteiger partial charge in [-0.2, -0.15) is 4.52 Å². The first-order valence-corrected chi connectivity index (χ1v) is 8.59. The van der Waals surface area contributed by atoms with Crippen molar-refractivity contribution in [2.45, 2.75) is 13.3 Å². The van der Waals surface area contributed by atoms with E-state index in [4.69, 9.17) is 0 Å². The van der Waals surface area contributed by atoms with Gasteiger partial charge in [0.25, 0.3) is 0 Å². The lowest BCUT2D eigenvalue weighted by atomic mass is 10.1. The highest BCUT2D eigenvalue weighted by Crippen LogP contribution is 2.18. The van der Waals surface area contributed by atoms with E-state index >= 15 is 0 Å². The highest BCUT2D eigenvalue weighted by atomic mass is 15.4. The minimum Gasteiger partial charge on any atom is -0.371 e. The fourth-order valence-corrected chi connectivity index (χ4v) is 3.31. The summed E-state index contributed by atoms with van der Waals surface area (Å²) in [4.78, 5) is 4.69. The van der Waals surface area contributed by atoms with E-state index in [0.29, 0.717) is 0 Å². The molecule has 0 atom stereocenters. The Hall–Kier alpha value is -2.89. The van der Waals surface area contributed by atoms with Crippen molar-refractivity contribution in [2.24, 2.45) is 0 Å². The standard InChI is InChI=1S/C19H22N6/c1-15-4-3-5-17(12-15)13-16(2)23-8-10-24(11-9-23)19-7-6-18-21-20-14-25(18)22-19/h3-7,12,14H,2,8-11,13H2,1H3. The zero-order valence-electron chi connectivity index (χ0n) is 14.5. The largest absolute Gasteiger partial charge is 0.371 e. The molecule has 0 amide bonds. The molecule has 0 unspecified atom stereocenters. The van der Waals surface area contributed by atoms with Gasteiger partial charge >= 0.3 is 0 Å². The van der Waals surface area contributed by atoms with Gasteiger partial charge in [0.2, 0.25) is 0 Å². The second kappa shape index (κ2) is 6.55. The summed E-state index contributed by atoms with van der Waals surface area (Å²) in [5, 5.41) is 12.5. The van der Waals surface area contributed by atoms with Crippen LogP contribution in [-0.2, 0) is 6.42 Å². The van der Waals surface area contributed by atoms with Gasteiger partial charge in [0.15, 0.2) is 5.65 Å². The number of rotatable bonds is 4. The van der Waals surface area contributed by atoms with E-state index in [-0.39, 0.29) is 0 Å². The second-order valence-electron chi connectivity index (χ2n) is 6.53. The molecular weight excluding hydrogens is 312 g/mol. The van der Waals surface area contributed by atoms with Gasteiger partial charge in [-0.1, -0.05) is 36.4 Å². The van der Waals surface area contributed by atoms with Crippen LogP contribution in [0.15, 0.2) is 55.0 Å². The van der Waals surface area contributed by atoms with Crippen molar-refractivity contribution in [3.05, 3.63) is 66.1 Å². The smallest absolute Gasteiger partial charge is 0.177 e. The van der Waals surface area contributed by atoms with E-state index in [1.165, 1.54) is 16.8 Å². The molecule has 2 aromatic heterocycles. The number of benzene rings is 1. The van der Waals surface area contributed by atoms with E-state index in [9.17, 15) is 0 Å². The quantitative estimate of drug-likeness (QED) is 0.733. The molecule has 6 nitrogen and oxygen atoms in total. The van der Waals surface area contributed by atoms with Gasteiger partial charge in [-0.25, -0.2) is 0 Å². The summed E-state index contributed by atoms with van der Waals surface area (Å²) < 4.78 is 1.72. The number of nitrogens with zero attached hydrogens (tertiary/aromatic N) is 6. The van der Waals surface area contributed by atoms with Crippen LogP contribution < -0.4 is 4.90 Å². The van der Waals surface area contributed by atoms with Crippen LogP contribution >= 0.6 is 0 Å². The molecule has 3 aromatic rings. The van der Waals surface area contributed by atoms with Crippen LogP contribution in [0, 0.1) is 6.92 Å². The zero-order valence-corrected chi connectivity index (χ0v) is 14.5. The van der Waals surface area contributed by atoms with Crippen LogP contribution in [-0.4, -0.2) is 50.9 Å². The van der Waals surface area contributed by atoms with Crippen LogP contribution in [0.1, 0.15) is 11.1 Å². The SMILES string of the molecule is C=C(Cc1cccc(C)c1)N1CCN(c2ccc3nncn3n2)CC1. The molecule has 6 heteroatoms. The van der Waals surface area contributed by atoms with E-state index < -0.39 is 0 Å². The lowest BCUT2D eigenvalue weighted by molar-refractivity contribution is 0.315. The summed E-state index contributed by atoms with van der Waals surface area (Å²) in [6.07, 6.45) is 2.55. The van der Waals surface area contributed by atoms with Crippen LogP contribution in [0.2, 0.25) is 0 Å². The predicted molar refractivity (Wildman–Crippen MR) is 98.6 cm³/mol. The Bertz CT molecular complexity index is 892. The highest BCUT2D eigenvalue weighted by molar-refractivity contribution is 5.45. The maximum Gasteiger partial charge on any atom is 0.177 e. The van der Waals surface area contributed by atoms with Gasteiger partial charge in [-0.3, -0.25) is 0 Å². The lowest BCUT2D eigenvalue weighted by Crippen LogP contribution is -2.46. The maximum absolute atomic E-state index is 4.58. The molecule has 0 saturated carbocycles. The first kappa shape index (κ1) is 15.6. The normalized spacial score (nSPS) is 14.9. The molecule has 1 aromatic carbocycles. The van der Waals surface area contributed by atoms with Gasteiger partial charge in [-0.05, 0) is 24.6 Å². The van der Waals surface area contributed by atoms with Gasteiger partial charge in [0, 0.05) is 38.3 Å². The van der Waals surface area contributed by atoms with Gasteiger partial charge in [0.1, 0.15) is 12.1 Å². The fourth-order valence-electron chi connectivity index (χ4n) is 3.31. The molecule has 0 aliphatic carbocycles. The van der Waals surface area contributed by atoms with Crippen molar-refractivity contribution in [3.8, 4) is 0 Å². The summed E-state index contributed by atoms with van der Waals surface area (Å²) in [5.74, 6) is 0.969. The first-order chi connectivity index (χ1) is 12.2. The minimum absolute atomic E-state index is 0.772. The number of fused-ring (bicyclic) bond motifs is 1. The number of hydrogen-bond acceptors (Lipinski definition) is 5. The molecule has 0 radical (unpaired) electrons. The maximum atomic E-state index is 4.58. The van der Waals surface area contributed by atoms with Crippen molar-refractivity contribution < 1.29 is 0 Å². The summed E-state index contributed by atoms with van der Waals surface area (Å²) in [5.41, 5.74) is 4.58. The topological polar surface area (TPSA) is 49.6 Å². The third-order valence-electron chi connectivity index (χ3n) is 4.69. The van der Waals surface area contributed by atoms with Crippen molar-refractivity contribution >= 4 is 11.5 Å². The number of aryl methyl sites for hydroxylation is 1. The van der Waals surface area contributed by atoms with E-state index in [1.54, 1.807) is 10.8 Å². The molecule has 25 heavy (non-hydrogen) atoms. The molecule has 1 saturated heterocycles. The molecule has 128 valence electrons. The third kappa shape index (κ3) is 3.33. The van der Waals surface area contributed by atoms with Crippen molar-refractivity contribution in [2.75, 3.05) is 31.1 Å². The molecule has 3 heterocycles. The zero-order chi connectivity index (χ0) is 17.2. The van der Waals surface area contributed by atoms with Gasteiger partial charge in [-0.15, -0.1) is 15.3 Å². The monoisotopic (exact) mass is 334 g/mol. The number of hydrogen-bond donors (Lipinski definition) is 0. The highest BCUT2D eigenvalue weighted by Gasteiger charge is 2.19. The molecule has 0 N–H and O–H groups in total.